The molecule has 10 nitrogen and oxygen atoms in total. The summed E-state index contributed by atoms with van der Waals surface area (Å²) in [5.74, 6) is -0.343. The maximum absolute atomic E-state index is 12.8. The molecule has 156 valence electrons. The highest BCUT2D eigenvalue weighted by molar-refractivity contribution is 7.99. The summed E-state index contributed by atoms with van der Waals surface area (Å²) >= 11 is 1.02. The molecule has 1 amide bonds. The molecule has 4 N–H and O–H groups in total. The molecule has 0 atom stereocenters. The summed E-state index contributed by atoms with van der Waals surface area (Å²) in [5.41, 5.74) is 6.23. The van der Waals surface area contributed by atoms with E-state index in [0.717, 1.165) is 23.4 Å². The van der Waals surface area contributed by atoms with Gasteiger partial charge in [-0.1, -0.05) is 17.8 Å². The van der Waals surface area contributed by atoms with Gasteiger partial charge in [0.15, 0.2) is 5.16 Å². The number of ether oxygens (including phenoxy) is 1. The minimum Gasteiger partial charge on any atom is -0.383 e. The average Bonchev–Trinajstić information content (AvgIpc) is 2.68. The minimum atomic E-state index is -3.67. The Kier molecular flexibility index (Phi) is 6.57. The zero-order chi connectivity index (χ0) is 21.0. The van der Waals surface area contributed by atoms with Gasteiger partial charge in [0.25, 0.3) is 5.56 Å². The Labute approximate surface area is 171 Å². The van der Waals surface area contributed by atoms with Crippen LogP contribution in [0.2, 0.25) is 0 Å². The van der Waals surface area contributed by atoms with Gasteiger partial charge in [0.2, 0.25) is 15.9 Å². The highest BCUT2D eigenvalue weighted by atomic mass is 32.2. The lowest BCUT2D eigenvalue weighted by atomic mass is 10.2. The fourth-order valence-corrected chi connectivity index (χ4v) is 4.79. The van der Waals surface area contributed by atoms with Crippen LogP contribution in [0, 0.1) is 6.92 Å². The van der Waals surface area contributed by atoms with E-state index in [-0.39, 0.29) is 27.5 Å². The third-order valence-electron chi connectivity index (χ3n) is 4.17. The Balaban J connectivity index is 1.71. The van der Waals surface area contributed by atoms with Crippen molar-refractivity contribution in [3.8, 4) is 0 Å². The van der Waals surface area contributed by atoms with Crippen LogP contribution in [0.5, 0.6) is 0 Å². The highest BCUT2D eigenvalue weighted by Crippen LogP contribution is 2.24. The van der Waals surface area contributed by atoms with Gasteiger partial charge in [-0.2, -0.15) is 4.31 Å². The first-order chi connectivity index (χ1) is 13.8. The second kappa shape index (κ2) is 8.95. The van der Waals surface area contributed by atoms with Crippen molar-refractivity contribution in [2.75, 3.05) is 43.1 Å². The quantitative estimate of drug-likeness (QED) is 0.433. The first kappa shape index (κ1) is 21.3. The molecule has 0 radical (unpaired) electrons. The number of benzene rings is 1. The topological polar surface area (TPSA) is 147 Å². The smallest absolute Gasteiger partial charge is 0.253 e. The largest absolute Gasteiger partial charge is 0.383 e. The molecule has 0 saturated carbocycles. The molecule has 12 heteroatoms. The molecule has 1 fully saturated rings. The predicted octanol–water partition coefficient (Wildman–Crippen LogP) is 0.412. The minimum absolute atomic E-state index is 0.0354. The number of nitrogen functional groups attached to an aromatic ring is 1. The van der Waals surface area contributed by atoms with Gasteiger partial charge >= 0.3 is 0 Å². The van der Waals surface area contributed by atoms with E-state index < -0.39 is 15.6 Å². The van der Waals surface area contributed by atoms with E-state index >= 15 is 0 Å². The van der Waals surface area contributed by atoms with E-state index in [4.69, 9.17) is 10.5 Å². The molecular formula is C17H21N5O5S2. The number of thioether (sulfide) groups is 1. The third-order valence-corrected chi connectivity index (χ3v) is 6.94. The molecule has 0 unspecified atom stereocenters. The predicted molar refractivity (Wildman–Crippen MR) is 109 cm³/mol. The first-order valence-corrected chi connectivity index (χ1v) is 11.2. The molecule has 0 bridgehead atoms. The molecule has 2 heterocycles. The fraction of sp³-hybridized carbons (Fsp3) is 0.353. The van der Waals surface area contributed by atoms with Gasteiger partial charge < -0.3 is 20.8 Å². The molecule has 0 spiro atoms. The number of amides is 1. The standard InChI is InChI=1S/C17H21N5O5S2/c1-11-2-3-12(29(25,26)22-4-6-27-7-5-22)8-13(11)19-16(24)10-28-17-20-14(18)9-15(23)21-17/h2-3,8-9H,4-7,10H2,1H3,(H,19,24)(H3,18,20,21,23). The van der Waals surface area contributed by atoms with Crippen LogP contribution in [-0.2, 0) is 19.6 Å². The summed E-state index contributed by atoms with van der Waals surface area (Å²) in [5, 5.41) is 2.93. The number of nitrogens with one attached hydrogen (secondary N) is 2. The number of carbonyl (C=O) groups excluding carboxylic acids is 1. The highest BCUT2D eigenvalue weighted by Gasteiger charge is 2.26. The molecule has 1 aliphatic heterocycles. The lowest BCUT2D eigenvalue weighted by molar-refractivity contribution is -0.113. The number of aromatic amines is 1. The molecule has 29 heavy (non-hydrogen) atoms. The molecule has 3 rings (SSSR count). The van der Waals surface area contributed by atoms with E-state index in [1.807, 2.05) is 0 Å². The number of hydrogen-bond acceptors (Lipinski definition) is 8. The zero-order valence-corrected chi connectivity index (χ0v) is 17.3. The van der Waals surface area contributed by atoms with Crippen molar-refractivity contribution in [2.24, 2.45) is 0 Å². The van der Waals surface area contributed by atoms with Crippen molar-refractivity contribution in [1.82, 2.24) is 14.3 Å². The van der Waals surface area contributed by atoms with Crippen LogP contribution in [0.4, 0.5) is 11.5 Å². The molecule has 0 aliphatic carbocycles. The van der Waals surface area contributed by atoms with E-state index in [0.29, 0.717) is 32.0 Å². The zero-order valence-electron chi connectivity index (χ0n) is 15.7. The van der Waals surface area contributed by atoms with Crippen LogP contribution < -0.4 is 16.6 Å². The lowest BCUT2D eigenvalue weighted by Crippen LogP contribution is -2.40. The number of rotatable bonds is 6. The maximum atomic E-state index is 12.8. The van der Waals surface area contributed by atoms with Crippen molar-refractivity contribution >= 4 is 39.2 Å². The number of carbonyl (C=O) groups is 1. The van der Waals surface area contributed by atoms with Gasteiger partial charge in [0.05, 0.1) is 23.9 Å². The van der Waals surface area contributed by atoms with Crippen molar-refractivity contribution in [3.63, 3.8) is 0 Å². The molecule has 1 aromatic carbocycles. The van der Waals surface area contributed by atoms with Crippen molar-refractivity contribution in [3.05, 3.63) is 40.2 Å². The number of aryl methyl sites for hydroxylation is 1. The molecule has 1 saturated heterocycles. The van der Waals surface area contributed by atoms with Gasteiger partial charge in [-0.05, 0) is 24.6 Å². The summed E-state index contributed by atoms with van der Waals surface area (Å²) in [6.45, 7) is 3.06. The van der Waals surface area contributed by atoms with Crippen LogP contribution in [0.1, 0.15) is 5.56 Å². The van der Waals surface area contributed by atoms with E-state index in [1.165, 1.54) is 16.4 Å². The lowest BCUT2D eigenvalue weighted by Gasteiger charge is -2.26. The van der Waals surface area contributed by atoms with Gasteiger partial charge in [0, 0.05) is 24.8 Å². The Bertz CT molecular complexity index is 1060. The Morgan fingerprint density at radius 1 is 1.34 bits per heavy atom. The van der Waals surface area contributed by atoms with Gasteiger partial charge in [-0.25, -0.2) is 13.4 Å². The summed E-state index contributed by atoms with van der Waals surface area (Å²) in [6, 6.07) is 5.76. The van der Waals surface area contributed by atoms with Gasteiger partial charge in [-0.15, -0.1) is 0 Å². The fourth-order valence-electron chi connectivity index (χ4n) is 2.67. The van der Waals surface area contributed by atoms with Crippen molar-refractivity contribution < 1.29 is 17.9 Å². The summed E-state index contributed by atoms with van der Waals surface area (Å²) in [4.78, 5) is 30.2. The van der Waals surface area contributed by atoms with Crippen molar-refractivity contribution in [2.45, 2.75) is 17.0 Å². The van der Waals surface area contributed by atoms with Crippen LogP contribution in [0.15, 0.2) is 39.1 Å². The van der Waals surface area contributed by atoms with Crippen LogP contribution in [0.25, 0.3) is 0 Å². The van der Waals surface area contributed by atoms with E-state index in [1.54, 1.807) is 13.0 Å². The normalized spacial score (nSPS) is 15.2. The average molecular weight is 440 g/mol. The van der Waals surface area contributed by atoms with Gasteiger partial charge in [0.1, 0.15) is 5.82 Å². The number of sulfonamides is 1. The van der Waals surface area contributed by atoms with Crippen LogP contribution >= 0.6 is 11.8 Å². The molecule has 2 aromatic rings. The van der Waals surface area contributed by atoms with E-state index in [2.05, 4.69) is 15.3 Å². The first-order valence-electron chi connectivity index (χ1n) is 8.74. The Morgan fingerprint density at radius 2 is 2.07 bits per heavy atom. The number of anilines is 2. The van der Waals surface area contributed by atoms with Crippen LogP contribution in [0.3, 0.4) is 0 Å². The van der Waals surface area contributed by atoms with Crippen molar-refractivity contribution in [1.29, 1.82) is 0 Å². The number of aromatic nitrogens is 2. The Morgan fingerprint density at radius 3 is 2.76 bits per heavy atom. The number of morpholine rings is 1. The SMILES string of the molecule is Cc1ccc(S(=O)(=O)N2CCOCC2)cc1NC(=O)CSc1nc(N)cc(=O)[nH]1. The second-order valence-corrected chi connectivity index (χ2v) is 9.21. The second-order valence-electron chi connectivity index (χ2n) is 6.31. The molecule has 1 aromatic heterocycles. The number of nitrogens with two attached hydrogens (primary N) is 1. The number of H-pyrrole nitrogens is 1. The summed E-state index contributed by atoms with van der Waals surface area (Å²) in [7, 11) is -3.67. The molecular weight excluding hydrogens is 418 g/mol. The molecule has 1 aliphatic rings. The van der Waals surface area contributed by atoms with E-state index in [9.17, 15) is 18.0 Å². The maximum Gasteiger partial charge on any atom is 0.253 e. The Hall–Kier alpha value is -2.41. The summed E-state index contributed by atoms with van der Waals surface area (Å²) in [6.07, 6.45) is 0. The van der Waals surface area contributed by atoms with Crippen LogP contribution in [-0.4, -0.2) is 60.7 Å². The third kappa shape index (κ3) is 5.35. The van der Waals surface area contributed by atoms with Gasteiger partial charge in [-0.3, -0.25) is 9.59 Å². The number of hydrogen-bond donors (Lipinski definition) is 3. The monoisotopic (exact) mass is 439 g/mol. The summed E-state index contributed by atoms with van der Waals surface area (Å²) < 4.78 is 32.2. The number of nitrogens with zero attached hydrogens (tertiary/aromatic N) is 2.